The Morgan fingerprint density at radius 3 is 2.54 bits per heavy atom. The van der Waals surface area contributed by atoms with Gasteiger partial charge >= 0.3 is 6.18 Å². The van der Waals surface area contributed by atoms with Crippen LogP contribution in [0.4, 0.5) is 30.2 Å². The van der Waals surface area contributed by atoms with Crippen molar-refractivity contribution in [2.24, 2.45) is 0 Å². The number of benzene rings is 1. The number of carbonyl (C=O) groups is 1. The molecule has 1 aromatic carbocycles. The minimum atomic E-state index is -4.30. The van der Waals surface area contributed by atoms with Crippen molar-refractivity contribution in [2.45, 2.75) is 37.9 Å². The van der Waals surface area contributed by atoms with Gasteiger partial charge in [-0.2, -0.15) is 13.2 Å². The predicted molar refractivity (Wildman–Crippen MR) is 89.4 cm³/mol. The summed E-state index contributed by atoms with van der Waals surface area (Å²) in [6.07, 6.45) is -2.16. The molecule has 0 aromatic heterocycles. The highest BCUT2D eigenvalue weighted by atomic mass is 19.4. The van der Waals surface area contributed by atoms with Gasteiger partial charge in [0, 0.05) is 26.7 Å². The number of nitrogens with zero attached hydrogens (tertiary/aromatic N) is 1. The molecule has 2 rings (SSSR count). The number of alkyl halides is 3. The number of amides is 1. The first-order valence-electron chi connectivity index (χ1n) is 7.92. The first-order chi connectivity index (χ1) is 11.2. The minimum absolute atomic E-state index is 0.295. The number of rotatable bonds is 6. The first kappa shape index (κ1) is 18.2. The molecule has 0 atom stereocenters. The summed E-state index contributed by atoms with van der Waals surface area (Å²) >= 11 is 0. The van der Waals surface area contributed by atoms with Gasteiger partial charge < -0.3 is 21.3 Å². The number of hydrogen-bond acceptors (Lipinski definition) is 4. The summed E-state index contributed by atoms with van der Waals surface area (Å²) in [5.41, 5.74) is 7.94. The molecule has 1 aliphatic rings. The maximum absolute atomic E-state index is 12.4. The average Bonchev–Trinajstić information content (AvgIpc) is 2.43. The van der Waals surface area contributed by atoms with E-state index in [2.05, 4.69) is 10.6 Å². The molecule has 0 radical (unpaired) electrons. The number of halogens is 3. The third-order valence-electron chi connectivity index (χ3n) is 4.38. The molecular formula is C16H23F3N4O. The van der Waals surface area contributed by atoms with E-state index in [-0.39, 0.29) is 0 Å². The van der Waals surface area contributed by atoms with Crippen LogP contribution >= 0.6 is 0 Å². The SMILES string of the molecule is CNc1cc(N(C)C2CCC2)c(C(=O)NCCC(F)(F)F)cc1N. The van der Waals surface area contributed by atoms with Gasteiger partial charge in [0.25, 0.3) is 5.91 Å². The van der Waals surface area contributed by atoms with Gasteiger partial charge in [0.1, 0.15) is 0 Å². The van der Waals surface area contributed by atoms with Gasteiger partial charge in [0.15, 0.2) is 0 Å². The molecule has 0 saturated heterocycles. The van der Waals surface area contributed by atoms with Crippen LogP contribution in [0.1, 0.15) is 36.0 Å². The first-order valence-corrected chi connectivity index (χ1v) is 7.92. The molecular weight excluding hydrogens is 321 g/mol. The average molecular weight is 344 g/mol. The molecule has 1 aliphatic carbocycles. The third kappa shape index (κ3) is 4.24. The van der Waals surface area contributed by atoms with Crippen LogP contribution in [0.2, 0.25) is 0 Å². The van der Waals surface area contributed by atoms with Crippen LogP contribution in [0, 0.1) is 0 Å². The molecule has 1 fully saturated rings. The highest BCUT2D eigenvalue weighted by molar-refractivity contribution is 6.02. The van der Waals surface area contributed by atoms with Crippen molar-refractivity contribution >= 4 is 23.0 Å². The second-order valence-corrected chi connectivity index (χ2v) is 6.02. The molecule has 5 nitrogen and oxygen atoms in total. The van der Waals surface area contributed by atoms with E-state index in [0.717, 1.165) is 19.3 Å². The zero-order chi connectivity index (χ0) is 17.9. The van der Waals surface area contributed by atoms with Crippen LogP contribution in [0.3, 0.4) is 0 Å². The number of nitrogens with two attached hydrogens (primary N) is 1. The van der Waals surface area contributed by atoms with Crippen molar-refractivity contribution in [3.63, 3.8) is 0 Å². The molecule has 1 aromatic rings. The van der Waals surface area contributed by atoms with Crippen LogP contribution in [-0.4, -0.2) is 38.8 Å². The topological polar surface area (TPSA) is 70.4 Å². The number of hydrogen-bond donors (Lipinski definition) is 3. The maximum atomic E-state index is 12.4. The maximum Gasteiger partial charge on any atom is 0.390 e. The Balaban J connectivity index is 2.22. The van der Waals surface area contributed by atoms with Crippen LogP contribution in [0.5, 0.6) is 0 Å². The molecule has 8 heteroatoms. The lowest BCUT2D eigenvalue weighted by molar-refractivity contribution is -0.132. The molecule has 0 bridgehead atoms. The quantitative estimate of drug-likeness (QED) is 0.694. The van der Waals surface area contributed by atoms with E-state index in [1.807, 2.05) is 11.9 Å². The molecule has 4 N–H and O–H groups in total. The Hall–Kier alpha value is -2.12. The predicted octanol–water partition coefficient (Wildman–Crippen LogP) is 2.98. The van der Waals surface area contributed by atoms with Gasteiger partial charge in [-0.3, -0.25) is 4.79 Å². The number of carbonyl (C=O) groups excluding carboxylic acids is 1. The monoisotopic (exact) mass is 344 g/mol. The number of anilines is 3. The van der Waals surface area contributed by atoms with E-state index in [9.17, 15) is 18.0 Å². The van der Waals surface area contributed by atoms with Crippen molar-refractivity contribution in [3.8, 4) is 0 Å². The molecule has 0 spiro atoms. The van der Waals surface area contributed by atoms with E-state index in [1.165, 1.54) is 6.07 Å². The summed E-state index contributed by atoms with van der Waals surface area (Å²) in [6, 6.07) is 3.62. The van der Waals surface area contributed by atoms with E-state index in [1.54, 1.807) is 13.1 Å². The van der Waals surface area contributed by atoms with E-state index in [4.69, 9.17) is 5.73 Å². The van der Waals surface area contributed by atoms with Gasteiger partial charge in [0.05, 0.1) is 29.0 Å². The number of nitrogen functional groups attached to an aromatic ring is 1. The van der Waals surface area contributed by atoms with Crippen molar-refractivity contribution in [3.05, 3.63) is 17.7 Å². The second-order valence-electron chi connectivity index (χ2n) is 6.02. The molecule has 0 aliphatic heterocycles. The van der Waals surface area contributed by atoms with Crippen LogP contribution in [-0.2, 0) is 0 Å². The van der Waals surface area contributed by atoms with Crippen molar-refractivity contribution in [2.75, 3.05) is 36.6 Å². The molecule has 0 heterocycles. The zero-order valence-corrected chi connectivity index (χ0v) is 13.8. The highest BCUT2D eigenvalue weighted by Gasteiger charge is 2.28. The fraction of sp³-hybridized carbons (Fsp3) is 0.562. The second kappa shape index (κ2) is 7.19. The van der Waals surface area contributed by atoms with Gasteiger partial charge in [-0.15, -0.1) is 0 Å². The Kier molecular flexibility index (Phi) is 5.46. The van der Waals surface area contributed by atoms with Gasteiger partial charge in [0.2, 0.25) is 0 Å². The van der Waals surface area contributed by atoms with Crippen molar-refractivity contribution < 1.29 is 18.0 Å². The standard InChI is InChI=1S/C16H23F3N4O/c1-21-13-9-14(23(2)10-4-3-5-10)11(8-12(13)20)15(24)22-7-6-16(17,18)19/h8-10,21H,3-7,20H2,1-2H3,(H,22,24). The van der Waals surface area contributed by atoms with Gasteiger partial charge in [-0.25, -0.2) is 0 Å². The Bertz CT molecular complexity index is 600. The normalized spacial score (nSPS) is 14.9. The van der Waals surface area contributed by atoms with Crippen LogP contribution < -0.4 is 21.3 Å². The highest BCUT2D eigenvalue weighted by Crippen LogP contribution is 2.34. The van der Waals surface area contributed by atoms with Gasteiger partial charge in [-0.05, 0) is 31.4 Å². The molecule has 134 valence electrons. The minimum Gasteiger partial charge on any atom is -0.397 e. The smallest absolute Gasteiger partial charge is 0.390 e. The van der Waals surface area contributed by atoms with E-state index in [0.29, 0.717) is 28.7 Å². The van der Waals surface area contributed by atoms with Gasteiger partial charge in [-0.1, -0.05) is 0 Å². The van der Waals surface area contributed by atoms with Crippen LogP contribution in [0.15, 0.2) is 12.1 Å². The summed E-state index contributed by atoms with van der Waals surface area (Å²) in [6.45, 7) is -0.456. The Morgan fingerprint density at radius 1 is 1.38 bits per heavy atom. The molecule has 1 amide bonds. The number of nitrogens with one attached hydrogen (secondary N) is 2. The third-order valence-corrected chi connectivity index (χ3v) is 4.38. The summed E-state index contributed by atoms with van der Waals surface area (Å²) in [5.74, 6) is -0.547. The fourth-order valence-corrected chi connectivity index (χ4v) is 2.68. The zero-order valence-electron chi connectivity index (χ0n) is 13.8. The molecule has 1 saturated carbocycles. The van der Waals surface area contributed by atoms with Crippen molar-refractivity contribution in [1.82, 2.24) is 5.32 Å². The molecule has 0 unspecified atom stereocenters. The summed E-state index contributed by atoms with van der Waals surface area (Å²) in [4.78, 5) is 14.4. The lowest BCUT2D eigenvalue weighted by Gasteiger charge is -2.37. The summed E-state index contributed by atoms with van der Waals surface area (Å²) in [5, 5.41) is 5.29. The Labute approximate surface area is 139 Å². The van der Waals surface area contributed by atoms with E-state index < -0.39 is 25.0 Å². The Morgan fingerprint density at radius 2 is 2.04 bits per heavy atom. The van der Waals surface area contributed by atoms with Crippen LogP contribution in [0.25, 0.3) is 0 Å². The summed E-state index contributed by atoms with van der Waals surface area (Å²) in [7, 11) is 3.61. The fourth-order valence-electron chi connectivity index (χ4n) is 2.68. The lowest BCUT2D eigenvalue weighted by atomic mass is 9.91. The van der Waals surface area contributed by atoms with E-state index >= 15 is 0 Å². The lowest BCUT2D eigenvalue weighted by Crippen LogP contribution is -2.39. The largest absolute Gasteiger partial charge is 0.397 e. The summed E-state index contributed by atoms with van der Waals surface area (Å²) < 4.78 is 36.8. The van der Waals surface area contributed by atoms with Crippen molar-refractivity contribution in [1.29, 1.82) is 0 Å². The molecule has 24 heavy (non-hydrogen) atoms.